The zero-order valence-electron chi connectivity index (χ0n) is 13.3. The predicted molar refractivity (Wildman–Crippen MR) is 92.5 cm³/mol. The van der Waals surface area contributed by atoms with Crippen LogP contribution in [0.5, 0.6) is 0 Å². The van der Waals surface area contributed by atoms with Crippen molar-refractivity contribution < 1.29 is 0 Å². The van der Waals surface area contributed by atoms with Crippen LogP contribution in [0, 0.1) is 0 Å². The maximum atomic E-state index is 6.10. The molecule has 1 unspecified atom stereocenters. The standard InChI is InChI=1S/C19H25N3/c1-15-13-21-10-11-22(15)14-17-8-5-9-18(19(17)12-20)16-6-3-2-4-7-16/h2-9,15,21H,10-14,20H2,1H3. The van der Waals surface area contributed by atoms with Crippen LogP contribution in [0.3, 0.4) is 0 Å². The van der Waals surface area contributed by atoms with E-state index in [2.05, 4.69) is 65.7 Å². The van der Waals surface area contributed by atoms with Gasteiger partial charge in [0.1, 0.15) is 0 Å². The summed E-state index contributed by atoms with van der Waals surface area (Å²) in [6, 6.07) is 17.7. The van der Waals surface area contributed by atoms with E-state index in [-0.39, 0.29) is 0 Å². The van der Waals surface area contributed by atoms with Crippen LogP contribution in [-0.2, 0) is 13.1 Å². The van der Waals surface area contributed by atoms with Crippen molar-refractivity contribution in [1.29, 1.82) is 0 Å². The van der Waals surface area contributed by atoms with E-state index in [1.54, 1.807) is 0 Å². The van der Waals surface area contributed by atoms with Crippen molar-refractivity contribution in [3.05, 3.63) is 59.7 Å². The summed E-state index contributed by atoms with van der Waals surface area (Å²) < 4.78 is 0. The number of nitrogens with one attached hydrogen (secondary N) is 1. The second-order valence-electron chi connectivity index (χ2n) is 6.04. The number of rotatable bonds is 4. The molecule has 3 nitrogen and oxygen atoms in total. The van der Waals surface area contributed by atoms with E-state index in [9.17, 15) is 0 Å². The smallest absolute Gasteiger partial charge is 0.0241 e. The molecule has 1 atom stereocenters. The Balaban J connectivity index is 1.91. The number of piperazine rings is 1. The van der Waals surface area contributed by atoms with Crippen molar-refractivity contribution in [1.82, 2.24) is 10.2 Å². The highest BCUT2D eigenvalue weighted by molar-refractivity contribution is 5.68. The lowest BCUT2D eigenvalue weighted by molar-refractivity contribution is 0.165. The number of benzene rings is 2. The number of nitrogens with zero attached hydrogens (tertiary/aromatic N) is 1. The molecule has 0 radical (unpaired) electrons. The van der Waals surface area contributed by atoms with E-state index in [0.29, 0.717) is 12.6 Å². The van der Waals surface area contributed by atoms with Crippen molar-refractivity contribution in [2.45, 2.75) is 26.1 Å². The lowest BCUT2D eigenvalue weighted by atomic mass is 9.94. The zero-order valence-corrected chi connectivity index (χ0v) is 13.3. The minimum Gasteiger partial charge on any atom is -0.326 e. The van der Waals surface area contributed by atoms with E-state index in [4.69, 9.17) is 5.73 Å². The van der Waals surface area contributed by atoms with Gasteiger partial charge in [0.2, 0.25) is 0 Å². The van der Waals surface area contributed by atoms with Crippen molar-refractivity contribution in [3.8, 4) is 11.1 Å². The van der Waals surface area contributed by atoms with Gasteiger partial charge in [0.15, 0.2) is 0 Å². The molecule has 1 saturated heterocycles. The molecule has 1 aliphatic heterocycles. The lowest BCUT2D eigenvalue weighted by Crippen LogP contribution is -2.49. The molecule has 1 aliphatic rings. The van der Waals surface area contributed by atoms with Gasteiger partial charge < -0.3 is 11.1 Å². The van der Waals surface area contributed by atoms with Gasteiger partial charge in [-0.25, -0.2) is 0 Å². The van der Waals surface area contributed by atoms with E-state index in [0.717, 1.165) is 26.2 Å². The summed E-state index contributed by atoms with van der Waals surface area (Å²) in [6.45, 7) is 7.09. The first-order chi connectivity index (χ1) is 10.8. The minimum absolute atomic E-state index is 0.569. The molecule has 3 rings (SSSR count). The Morgan fingerprint density at radius 2 is 1.95 bits per heavy atom. The van der Waals surface area contributed by atoms with Crippen LogP contribution in [0.2, 0.25) is 0 Å². The summed E-state index contributed by atoms with van der Waals surface area (Å²) in [5, 5.41) is 3.45. The molecule has 0 amide bonds. The van der Waals surface area contributed by atoms with Gasteiger partial charge in [0.25, 0.3) is 0 Å². The second kappa shape index (κ2) is 7.05. The molecule has 3 N–H and O–H groups in total. The van der Waals surface area contributed by atoms with Gasteiger partial charge in [-0.05, 0) is 29.2 Å². The predicted octanol–water partition coefficient (Wildman–Crippen LogP) is 2.61. The maximum Gasteiger partial charge on any atom is 0.0241 e. The summed E-state index contributed by atoms with van der Waals surface area (Å²) in [5.41, 5.74) is 11.2. The second-order valence-corrected chi connectivity index (χ2v) is 6.04. The highest BCUT2D eigenvalue weighted by atomic mass is 15.2. The first-order valence-electron chi connectivity index (χ1n) is 8.10. The lowest BCUT2D eigenvalue weighted by Gasteiger charge is -2.34. The number of nitrogens with two attached hydrogens (primary N) is 1. The molecule has 116 valence electrons. The maximum absolute atomic E-state index is 6.10. The Morgan fingerprint density at radius 1 is 1.14 bits per heavy atom. The van der Waals surface area contributed by atoms with Crippen LogP contribution in [0.4, 0.5) is 0 Å². The van der Waals surface area contributed by atoms with Crippen molar-refractivity contribution in [3.63, 3.8) is 0 Å². The molecule has 2 aromatic rings. The van der Waals surface area contributed by atoms with Gasteiger partial charge in [-0.3, -0.25) is 4.90 Å². The monoisotopic (exact) mass is 295 g/mol. The zero-order chi connectivity index (χ0) is 15.4. The van der Waals surface area contributed by atoms with Crippen LogP contribution in [0.1, 0.15) is 18.1 Å². The van der Waals surface area contributed by atoms with Gasteiger partial charge in [0, 0.05) is 38.8 Å². The van der Waals surface area contributed by atoms with Gasteiger partial charge in [-0.15, -0.1) is 0 Å². The highest BCUT2D eigenvalue weighted by Gasteiger charge is 2.19. The summed E-state index contributed by atoms with van der Waals surface area (Å²) in [5.74, 6) is 0. The van der Waals surface area contributed by atoms with E-state index < -0.39 is 0 Å². The first-order valence-corrected chi connectivity index (χ1v) is 8.10. The van der Waals surface area contributed by atoms with Gasteiger partial charge in [-0.1, -0.05) is 48.5 Å². The number of hydrogen-bond acceptors (Lipinski definition) is 3. The quantitative estimate of drug-likeness (QED) is 0.911. The molecule has 0 spiro atoms. The fraction of sp³-hybridized carbons (Fsp3) is 0.368. The molecule has 0 bridgehead atoms. The Kier molecular flexibility index (Phi) is 4.88. The minimum atomic E-state index is 0.569. The van der Waals surface area contributed by atoms with Crippen molar-refractivity contribution >= 4 is 0 Å². The highest BCUT2D eigenvalue weighted by Crippen LogP contribution is 2.27. The largest absolute Gasteiger partial charge is 0.326 e. The Hall–Kier alpha value is -1.68. The average molecular weight is 295 g/mol. The van der Waals surface area contributed by atoms with Crippen LogP contribution in [-0.4, -0.2) is 30.6 Å². The van der Waals surface area contributed by atoms with Gasteiger partial charge in [-0.2, -0.15) is 0 Å². The Morgan fingerprint density at radius 3 is 2.68 bits per heavy atom. The van der Waals surface area contributed by atoms with Crippen molar-refractivity contribution in [2.24, 2.45) is 5.73 Å². The van der Waals surface area contributed by atoms with Crippen LogP contribution < -0.4 is 11.1 Å². The molecule has 1 fully saturated rings. The van der Waals surface area contributed by atoms with Crippen LogP contribution >= 0.6 is 0 Å². The fourth-order valence-electron chi connectivity index (χ4n) is 3.25. The molecule has 3 heteroatoms. The topological polar surface area (TPSA) is 41.3 Å². The summed E-state index contributed by atoms with van der Waals surface area (Å²) >= 11 is 0. The summed E-state index contributed by atoms with van der Waals surface area (Å²) in [6.07, 6.45) is 0. The van der Waals surface area contributed by atoms with Crippen molar-refractivity contribution in [2.75, 3.05) is 19.6 Å². The molecule has 1 heterocycles. The summed E-state index contributed by atoms with van der Waals surface area (Å²) in [7, 11) is 0. The molecule has 0 aliphatic carbocycles. The molecule has 22 heavy (non-hydrogen) atoms. The van der Waals surface area contributed by atoms with E-state index in [1.807, 2.05) is 0 Å². The Bertz CT molecular complexity index is 609. The molecule has 0 saturated carbocycles. The molecular weight excluding hydrogens is 270 g/mol. The molecule has 0 aromatic heterocycles. The average Bonchev–Trinajstić information content (AvgIpc) is 2.57. The Labute approximate surface area is 133 Å². The third-order valence-electron chi connectivity index (χ3n) is 4.57. The van der Waals surface area contributed by atoms with E-state index >= 15 is 0 Å². The van der Waals surface area contributed by atoms with Crippen LogP contribution in [0.15, 0.2) is 48.5 Å². The van der Waals surface area contributed by atoms with Gasteiger partial charge >= 0.3 is 0 Å². The molecule has 2 aromatic carbocycles. The normalized spacial score (nSPS) is 19.3. The van der Waals surface area contributed by atoms with E-state index in [1.165, 1.54) is 22.3 Å². The van der Waals surface area contributed by atoms with Gasteiger partial charge in [0.05, 0.1) is 0 Å². The van der Waals surface area contributed by atoms with Crippen LogP contribution in [0.25, 0.3) is 11.1 Å². The number of hydrogen-bond donors (Lipinski definition) is 2. The first kappa shape index (κ1) is 15.2. The summed E-state index contributed by atoms with van der Waals surface area (Å²) in [4.78, 5) is 2.54. The third kappa shape index (κ3) is 3.22. The molecular formula is C19H25N3. The fourth-order valence-corrected chi connectivity index (χ4v) is 3.25. The SMILES string of the molecule is CC1CNCCN1Cc1cccc(-c2ccccc2)c1CN. The third-order valence-corrected chi connectivity index (χ3v) is 4.57.